The standard InChI is InChI=1S/C33H34FN3O4S/c1-25-13-15-26(16-14-25)21-35-33(39)32(29-11-7-4-8-12-29)37(23-28-17-19-30(34)20-18-28)31(38)24-36(42(2,40)41)22-27-9-5-3-6-10-27/h3-20,32H,21-24H2,1-2H3,(H,35,39)/t32-/m1/s1. The number of amides is 2. The molecule has 0 saturated heterocycles. The molecule has 0 saturated carbocycles. The van der Waals surface area contributed by atoms with Gasteiger partial charge >= 0.3 is 0 Å². The number of nitrogens with zero attached hydrogens (tertiary/aromatic N) is 2. The number of benzene rings is 4. The number of halogens is 1. The van der Waals surface area contributed by atoms with Gasteiger partial charge in [-0.15, -0.1) is 0 Å². The summed E-state index contributed by atoms with van der Waals surface area (Å²) >= 11 is 0. The van der Waals surface area contributed by atoms with Gasteiger partial charge in [0.1, 0.15) is 11.9 Å². The fourth-order valence-electron chi connectivity index (χ4n) is 4.53. The van der Waals surface area contributed by atoms with E-state index in [1.807, 2.05) is 43.3 Å². The third kappa shape index (κ3) is 8.58. The normalized spacial score (nSPS) is 12.1. The highest BCUT2D eigenvalue weighted by Crippen LogP contribution is 2.25. The maximum Gasteiger partial charge on any atom is 0.247 e. The summed E-state index contributed by atoms with van der Waals surface area (Å²) in [4.78, 5) is 29.3. The van der Waals surface area contributed by atoms with Crippen molar-refractivity contribution in [2.75, 3.05) is 12.8 Å². The fourth-order valence-corrected chi connectivity index (χ4v) is 5.26. The van der Waals surface area contributed by atoms with Crippen molar-refractivity contribution in [3.05, 3.63) is 143 Å². The molecular weight excluding hydrogens is 553 g/mol. The average molecular weight is 588 g/mol. The highest BCUT2D eigenvalue weighted by molar-refractivity contribution is 7.88. The zero-order valence-corrected chi connectivity index (χ0v) is 24.4. The molecule has 0 aliphatic rings. The van der Waals surface area contributed by atoms with Gasteiger partial charge in [0, 0.05) is 19.6 Å². The molecule has 218 valence electrons. The summed E-state index contributed by atoms with van der Waals surface area (Å²) in [7, 11) is -3.79. The summed E-state index contributed by atoms with van der Waals surface area (Å²) in [5, 5.41) is 2.95. The van der Waals surface area contributed by atoms with Gasteiger partial charge in [0.25, 0.3) is 0 Å². The van der Waals surface area contributed by atoms with E-state index in [1.165, 1.54) is 17.0 Å². The van der Waals surface area contributed by atoms with Crippen LogP contribution in [0.25, 0.3) is 0 Å². The Bertz CT molecular complexity index is 1580. The van der Waals surface area contributed by atoms with Gasteiger partial charge in [-0.05, 0) is 41.3 Å². The number of sulfonamides is 1. The van der Waals surface area contributed by atoms with Crippen LogP contribution in [0.4, 0.5) is 4.39 Å². The van der Waals surface area contributed by atoms with E-state index >= 15 is 0 Å². The monoisotopic (exact) mass is 587 g/mol. The van der Waals surface area contributed by atoms with Crippen molar-refractivity contribution >= 4 is 21.8 Å². The van der Waals surface area contributed by atoms with Gasteiger partial charge in [0.2, 0.25) is 21.8 Å². The smallest absolute Gasteiger partial charge is 0.247 e. The molecule has 0 fully saturated rings. The Kier molecular flexibility index (Phi) is 10.2. The third-order valence-electron chi connectivity index (χ3n) is 6.83. The Labute approximate surface area is 246 Å². The first-order valence-corrected chi connectivity index (χ1v) is 15.4. The molecule has 0 radical (unpaired) electrons. The van der Waals surface area contributed by atoms with Crippen LogP contribution in [0.1, 0.15) is 33.9 Å². The molecule has 0 spiro atoms. The minimum absolute atomic E-state index is 0.00851. The molecule has 0 unspecified atom stereocenters. The average Bonchev–Trinajstić information content (AvgIpc) is 2.98. The molecule has 1 atom stereocenters. The zero-order chi connectivity index (χ0) is 30.1. The number of carbonyl (C=O) groups excluding carboxylic acids is 2. The number of hydrogen-bond acceptors (Lipinski definition) is 4. The summed E-state index contributed by atoms with van der Waals surface area (Å²) < 4.78 is 40.4. The molecule has 0 aliphatic heterocycles. The van der Waals surface area contributed by atoms with Crippen LogP contribution in [0.2, 0.25) is 0 Å². The van der Waals surface area contributed by atoms with Crippen molar-refractivity contribution in [1.29, 1.82) is 0 Å². The Balaban J connectivity index is 1.69. The lowest BCUT2D eigenvalue weighted by atomic mass is 10.0. The van der Waals surface area contributed by atoms with Crippen molar-refractivity contribution in [3.8, 4) is 0 Å². The van der Waals surface area contributed by atoms with Gasteiger partial charge in [0.15, 0.2) is 0 Å². The SMILES string of the molecule is Cc1ccc(CNC(=O)[C@@H](c2ccccc2)N(Cc2ccc(F)cc2)C(=O)CN(Cc2ccccc2)S(C)(=O)=O)cc1. The van der Waals surface area contributed by atoms with E-state index < -0.39 is 40.2 Å². The second kappa shape index (κ2) is 14.0. The number of nitrogens with one attached hydrogen (secondary N) is 1. The number of hydrogen-bond donors (Lipinski definition) is 1. The molecule has 0 heterocycles. The predicted molar refractivity (Wildman–Crippen MR) is 161 cm³/mol. The second-order valence-electron chi connectivity index (χ2n) is 10.2. The van der Waals surface area contributed by atoms with Gasteiger partial charge in [0.05, 0.1) is 12.8 Å². The molecule has 7 nitrogen and oxygen atoms in total. The first kappa shape index (κ1) is 30.6. The van der Waals surface area contributed by atoms with Crippen LogP contribution in [-0.2, 0) is 39.2 Å². The van der Waals surface area contributed by atoms with Gasteiger partial charge in [-0.25, -0.2) is 12.8 Å². The van der Waals surface area contributed by atoms with Gasteiger partial charge < -0.3 is 10.2 Å². The Morgan fingerprint density at radius 2 is 1.31 bits per heavy atom. The molecule has 2 amide bonds. The summed E-state index contributed by atoms with van der Waals surface area (Å²) in [5.74, 6) is -1.43. The molecule has 4 rings (SSSR count). The highest BCUT2D eigenvalue weighted by atomic mass is 32.2. The molecule has 0 bridgehead atoms. The second-order valence-corrected chi connectivity index (χ2v) is 12.2. The molecule has 4 aromatic carbocycles. The molecule has 1 N–H and O–H groups in total. The van der Waals surface area contributed by atoms with Crippen LogP contribution >= 0.6 is 0 Å². The third-order valence-corrected chi connectivity index (χ3v) is 8.03. The Morgan fingerprint density at radius 1 is 0.762 bits per heavy atom. The fraction of sp³-hybridized carbons (Fsp3) is 0.212. The molecule has 0 aromatic heterocycles. The van der Waals surface area contributed by atoms with Crippen molar-refractivity contribution in [2.45, 2.75) is 32.6 Å². The van der Waals surface area contributed by atoms with Crippen LogP contribution in [0.3, 0.4) is 0 Å². The Morgan fingerprint density at radius 3 is 1.90 bits per heavy atom. The largest absolute Gasteiger partial charge is 0.350 e. The van der Waals surface area contributed by atoms with Crippen LogP contribution in [0, 0.1) is 12.7 Å². The number of carbonyl (C=O) groups is 2. The van der Waals surface area contributed by atoms with E-state index in [1.54, 1.807) is 60.7 Å². The van der Waals surface area contributed by atoms with E-state index in [9.17, 15) is 22.4 Å². The number of rotatable bonds is 12. The minimum atomic E-state index is -3.79. The lowest BCUT2D eigenvalue weighted by molar-refractivity contribution is -0.141. The number of aryl methyl sites for hydroxylation is 1. The van der Waals surface area contributed by atoms with Gasteiger partial charge in [-0.2, -0.15) is 4.31 Å². The first-order chi connectivity index (χ1) is 20.1. The topological polar surface area (TPSA) is 86.8 Å². The molecule has 4 aromatic rings. The van der Waals surface area contributed by atoms with Crippen LogP contribution in [-0.4, -0.2) is 42.2 Å². The maximum absolute atomic E-state index is 14.1. The van der Waals surface area contributed by atoms with Crippen LogP contribution in [0.15, 0.2) is 109 Å². The summed E-state index contributed by atoms with van der Waals surface area (Å²) in [5.41, 5.74) is 3.85. The lowest BCUT2D eigenvalue weighted by Crippen LogP contribution is -2.47. The summed E-state index contributed by atoms with van der Waals surface area (Å²) in [6.45, 7) is 1.68. The zero-order valence-electron chi connectivity index (χ0n) is 23.6. The van der Waals surface area contributed by atoms with E-state index in [-0.39, 0.29) is 19.6 Å². The van der Waals surface area contributed by atoms with Crippen molar-refractivity contribution in [3.63, 3.8) is 0 Å². The van der Waals surface area contributed by atoms with E-state index in [0.29, 0.717) is 11.1 Å². The maximum atomic E-state index is 14.1. The van der Waals surface area contributed by atoms with Crippen molar-refractivity contribution in [1.82, 2.24) is 14.5 Å². The van der Waals surface area contributed by atoms with E-state index in [2.05, 4.69) is 5.32 Å². The molecule has 0 aliphatic carbocycles. The first-order valence-electron chi connectivity index (χ1n) is 13.5. The van der Waals surface area contributed by atoms with Crippen LogP contribution in [0.5, 0.6) is 0 Å². The molecular formula is C33H34FN3O4S. The summed E-state index contributed by atoms with van der Waals surface area (Å²) in [6.07, 6.45) is 1.05. The minimum Gasteiger partial charge on any atom is -0.350 e. The molecule has 42 heavy (non-hydrogen) atoms. The molecule has 9 heteroatoms. The van der Waals surface area contributed by atoms with E-state index in [0.717, 1.165) is 27.3 Å². The predicted octanol–water partition coefficient (Wildman–Crippen LogP) is 4.98. The van der Waals surface area contributed by atoms with E-state index in [4.69, 9.17) is 0 Å². The van der Waals surface area contributed by atoms with Crippen molar-refractivity contribution < 1.29 is 22.4 Å². The van der Waals surface area contributed by atoms with Crippen molar-refractivity contribution in [2.24, 2.45) is 0 Å². The van der Waals surface area contributed by atoms with Gasteiger partial charge in [-0.3, -0.25) is 9.59 Å². The van der Waals surface area contributed by atoms with Crippen LogP contribution < -0.4 is 5.32 Å². The quantitative estimate of drug-likeness (QED) is 0.253. The van der Waals surface area contributed by atoms with Gasteiger partial charge in [-0.1, -0.05) is 103 Å². The Hall–Kier alpha value is -4.34. The highest BCUT2D eigenvalue weighted by Gasteiger charge is 2.33. The lowest BCUT2D eigenvalue weighted by Gasteiger charge is -2.33. The summed E-state index contributed by atoms with van der Waals surface area (Å²) in [6, 6.07) is 30.1.